The van der Waals surface area contributed by atoms with Crippen LogP contribution in [0.5, 0.6) is 0 Å². The third kappa shape index (κ3) is 6.87. The van der Waals surface area contributed by atoms with Crippen molar-refractivity contribution in [3.8, 4) is 0 Å². The lowest BCUT2D eigenvalue weighted by Gasteiger charge is -2.06. The molecule has 0 N–H and O–H groups in total. The van der Waals surface area contributed by atoms with E-state index in [0.29, 0.717) is 13.0 Å². The molecular weight excluding hydrogens is 304 g/mol. The van der Waals surface area contributed by atoms with Crippen LogP contribution in [-0.2, 0) is 23.8 Å². The van der Waals surface area contributed by atoms with Gasteiger partial charge in [0.05, 0.1) is 18.1 Å². The van der Waals surface area contributed by atoms with Gasteiger partial charge in [-0.25, -0.2) is 4.79 Å². The first kappa shape index (κ1) is 18.4. The zero-order valence-corrected chi connectivity index (χ0v) is 13.6. The van der Waals surface area contributed by atoms with Crippen molar-refractivity contribution in [2.45, 2.75) is 37.5 Å². The van der Waals surface area contributed by atoms with E-state index in [0.717, 1.165) is 30.9 Å². The van der Waals surface area contributed by atoms with Crippen molar-refractivity contribution in [1.29, 1.82) is 0 Å². The van der Waals surface area contributed by atoms with E-state index in [1.165, 1.54) is 0 Å². The fourth-order valence-electron chi connectivity index (χ4n) is 1.73. The van der Waals surface area contributed by atoms with Crippen LogP contribution in [0.2, 0.25) is 0 Å². The summed E-state index contributed by atoms with van der Waals surface area (Å²) in [5.41, 5.74) is 0.996. The largest absolute Gasteiger partial charge is 0.463 e. The van der Waals surface area contributed by atoms with E-state index in [2.05, 4.69) is 6.58 Å². The summed E-state index contributed by atoms with van der Waals surface area (Å²) in [5, 5.41) is 0. The van der Waals surface area contributed by atoms with Gasteiger partial charge in [0.2, 0.25) is 0 Å². The van der Waals surface area contributed by atoms with Crippen LogP contribution in [0.15, 0.2) is 41.8 Å². The lowest BCUT2D eigenvalue weighted by atomic mass is 10.2. The normalized spacial score (nSPS) is 11.1. The summed E-state index contributed by atoms with van der Waals surface area (Å²) in [7, 11) is -3.67. The molecule has 0 atom stereocenters. The Morgan fingerprint density at radius 2 is 1.68 bits per heavy atom. The van der Waals surface area contributed by atoms with Crippen molar-refractivity contribution >= 4 is 16.1 Å². The molecule has 0 aliphatic rings. The SMILES string of the molecule is C=CC(=O)OCCCCCCOS(=O)(=O)c1ccc(C)cc1. The summed E-state index contributed by atoms with van der Waals surface area (Å²) < 4.78 is 33.6. The number of esters is 1. The van der Waals surface area contributed by atoms with E-state index >= 15 is 0 Å². The molecular formula is C16H22O5S. The zero-order valence-electron chi connectivity index (χ0n) is 12.8. The van der Waals surface area contributed by atoms with E-state index in [4.69, 9.17) is 8.92 Å². The quantitative estimate of drug-likeness (QED) is 0.286. The van der Waals surface area contributed by atoms with Crippen LogP contribution in [-0.4, -0.2) is 27.6 Å². The highest BCUT2D eigenvalue weighted by Crippen LogP contribution is 2.14. The highest BCUT2D eigenvalue weighted by Gasteiger charge is 2.14. The Morgan fingerprint density at radius 3 is 2.27 bits per heavy atom. The van der Waals surface area contributed by atoms with Crippen LogP contribution in [0.4, 0.5) is 0 Å². The standard InChI is InChI=1S/C16H22O5S/c1-3-16(17)20-12-6-4-5-7-13-21-22(18,19)15-10-8-14(2)9-11-15/h3,8-11H,1,4-7,12-13H2,2H3. The molecule has 0 aromatic heterocycles. The van der Waals surface area contributed by atoms with Gasteiger partial charge in [-0.1, -0.05) is 30.7 Å². The lowest BCUT2D eigenvalue weighted by Crippen LogP contribution is -2.07. The number of aryl methyl sites for hydroxylation is 1. The molecule has 0 saturated heterocycles. The number of unbranched alkanes of at least 4 members (excludes halogenated alkanes) is 3. The molecule has 6 heteroatoms. The van der Waals surface area contributed by atoms with Gasteiger partial charge < -0.3 is 4.74 Å². The minimum Gasteiger partial charge on any atom is -0.463 e. The van der Waals surface area contributed by atoms with Gasteiger partial charge in [0.25, 0.3) is 10.1 Å². The predicted octanol–water partition coefficient (Wildman–Crippen LogP) is 2.99. The second kappa shape index (κ2) is 9.38. The van der Waals surface area contributed by atoms with Crippen LogP contribution in [0.1, 0.15) is 31.2 Å². The minimum atomic E-state index is -3.67. The van der Waals surface area contributed by atoms with Crippen molar-refractivity contribution in [3.05, 3.63) is 42.5 Å². The maximum atomic E-state index is 11.9. The molecule has 122 valence electrons. The van der Waals surface area contributed by atoms with Crippen LogP contribution >= 0.6 is 0 Å². The molecule has 5 nitrogen and oxygen atoms in total. The van der Waals surface area contributed by atoms with Gasteiger partial charge in [-0.15, -0.1) is 0 Å². The number of ether oxygens (including phenoxy) is 1. The Balaban J connectivity index is 2.17. The Kier molecular flexibility index (Phi) is 7.84. The predicted molar refractivity (Wildman–Crippen MR) is 83.9 cm³/mol. The molecule has 0 bridgehead atoms. The minimum absolute atomic E-state index is 0.155. The van der Waals surface area contributed by atoms with Gasteiger partial charge in [-0.2, -0.15) is 8.42 Å². The maximum Gasteiger partial charge on any atom is 0.330 e. The summed E-state index contributed by atoms with van der Waals surface area (Å²) in [6, 6.07) is 6.55. The van der Waals surface area contributed by atoms with E-state index in [1.807, 2.05) is 6.92 Å². The Bertz CT molecular complexity index is 575. The van der Waals surface area contributed by atoms with Gasteiger partial charge in [0, 0.05) is 6.08 Å². The summed E-state index contributed by atoms with van der Waals surface area (Å²) in [6.07, 6.45) is 4.17. The van der Waals surface area contributed by atoms with Crippen molar-refractivity contribution in [1.82, 2.24) is 0 Å². The summed E-state index contributed by atoms with van der Waals surface area (Å²) >= 11 is 0. The molecule has 0 amide bonds. The summed E-state index contributed by atoms with van der Waals surface area (Å²) in [5.74, 6) is -0.424. The molecule has 0 saturated carbocycles. The molecule has 0 aliphatic carbocycles. The highest BCUT2D eigenvalue weighted by atomic mass is 32.2. The van der Waals surface area contributed by atoms with Crippen LogP contribution in [0.25, 0.3) is 0 Å². The number of hydrogen-bond acceptors (Lipinski definition) is 5. The molecule has 1 aromatic carbocycles. The van der Waals surface area contributed by atoms with Gasteiger partial charge in [-0.3, -0.25) is 4.18 Å². The molecule has 0 fully saturated rings. The van der Waals surface area contributed by atoms with Crippen molar-refractivity contribution in [3.63, 3.8) is 0 Å². The molecule has 1 aromatic rings. The summed E-state index contributed by atoms with van der Waals surface area (Å²) in [4.78, 5) is 11.0. The Morgan fingerprint density at radius 1 is 1.09 bits per heavy atom. The third-order valence-corrected chi connectivity index (χ3v) is 4.32. The number of rotatable bonds is 10. The Hall–Kier alpha value is -1.66. The van der Waals surface area contributed by atoms with E-state index in [9.17, 15) is 13.2 Å². The molecule has 0 aliphatic heterocycles. The van der Waals surface area contributed by atoms with Crippen molar-refractivity contribution in [2.75, 3.05) is 13.2 Å². The molecule has 1 rings (SSSR count). The average molecular weight is 326 g/mol. The smallest absolute Gasteiger partial charge is 0.330 e. The lowest BCUT2D eigenvalue weighted by molar-refractivity contribution is -0.137. The number of carbonyl (C=O) groups excluding carboxylic acids is 1. The van der Waals surface area contributed by atoms with Gasteiger partial charge in [0.15, 0.2) is 0 Å². The van der Waals surface area contributed by atoms with Crippen LogP contribution in [0, 0.1) is 6.92 Å². The first-order valence-corrected chi connectivity index (χ1v) is 8.62. The van der Waals surface area contributed by atoms with Crippen molar-refractivity contribution in [2.24, 2.45) is 0 Å². The van der Waals surface area contributed by atoms with Crippen molar-refractivity contribution < 1.29 is 22.1 Å². The number of benzene rings is 1. The monoisotopic (exact) mass is 326 g/mol. The third-order valence-electron chi connectivity index (χ3n) is 3.00. The fourth-order valence-corrected chi connectivity index (χ4v) is 2.67. The molecule has 0 spiro atoms. The van der Waals surface area contributed by atoms with Gasteiger partial charge in [-0.05, 0) is 38.3 Å². The second-order valence-corrected chi connectivity index (χ2v) is 6.49. The topological polar surface area (TPSA) is 69.7 Å². The average Bonchev–Trinajstić information content (AvgIpc) is 2.50. The molecule has 0 heterocycles. The van der Waals surface area contributed by atoms with E-state index < -0.39 is 16.1 Å². The maximum absolute atomic E-state index is 11.9. The summed E-state index contributed by atoms with van der Waals surface area (Å²) in [6.45, 7) is 5.71. The second-order valence-electron chi connectivity index (χ2n) is 4.87. The van der Waals surface area contributed by atoms with Crippen LogP contribution in [0.3, 0.4) is 0 Å². The number of hydrogen-bond donors (Lipinski definition) is 0. The first-order valence-electron chi connectivity index (χ1n) is 7.21. The fraction of sp³-hybridized carbons (Fsp3) is 0.438. The first-order chi connectivity index (χ1) is 10.5. The Labute approximate surface area is 132 Å². The van der Waals surface area contributed by atoms with Gasteiger partial charge in [0.1, 0.15) is 0 Å². The number of carbonyl (C=O) groups is 1. The molecule has 0 unspecified atom stereocenters. The van der Waals surface area contributed by atoms with Gasteiger partial charge >= 0.3 is 5.97 Å². The van der Waals surface area contributed by atoms with Crippen LogP contribution < -0.4 is 0 Å². The van der Waals surface area contributed by atoms with E-state index in [-0.39, 0.29) is 11.5 Å². The highest BCUT2D eigenvalue weighted by molar-refractivity contribution is 7.86. The molecule has 0 radical (unpaired) electrons. The zero-order chi connectivity index (χ0) is 16.4. The van der Waals surface area contributed by atoms with E-state index in [1.54, 1.807) is 24.3 Å². The molecule has 22 heavy (non-hydrogen) atoms.